The lowest BCUT2D eigenvalue weighted by Gasteiger charge is -2.26. The number of nitrogens with zero attached hydrogens (tertiary/aromatic N) is 1. The summed E-state index contributed by atoms with van der Waals surface area (Å²) in [5, 5.41) is 5.42. The molecule has 0 aliphatic carbocycles. The van der Waals surface area contributed by atoms with Gasteiger partial charge in [-0.1, -0.05) is 18.2 Å². The highest BCUT2D eigenvalue weighted by Crippen LogP contribution is 2.24. The van der Waals surface area contributed by atoms with Crippen molar-refractivity contribution >= 4 is 33.3 Å². The first kappa shape index (κ1) is 16.8. The second kappa shape index (κ2) is 7.27. The van der Waals surface area contributed by atoms with Gasteiger partial charge in [-0.2, -0.15) is 0 Å². The van der Waals surface area contributed by atoms with Gasteiger partial charge in [-0.05, 0) is 29.7 Å². The van der Waals surface area contributed by atoms with Crippen molar-refractivity contribution in [3.63, 3.8) is 0 Å². The number of H-pyrrole nitrogens is 1. The summed E-state index contributed by atoms with van der Waals surface area (Å²) in [5.74, 6) is -0.00966. The zero-order valence-electron chi connectivity index (χ0n) is 14.5. The molecule has 1 aliphatic heterocycles. The molecular weight excluding hydrogens is 330 g/mol. The Morgan fingerprint density at radius 2 is 1.85 bits per heavy atom. The SMILES string of the molecule is O=C(CCN1CCOCC1)Nc1ccc2[nH]c(=O)c3ccccc3c2c1. The highest BCUT2D eigenvalue weighted by molar-refractivity contribution is 6.07. The summed E-state index contributed by atoms with van der Waals surface area (Å²) >= 11 is 0. The van der Waals surface area contributed by atoms with Crippen LogP contribution in [0.2, 0.25) is 0 Å². The molecule has 3 aromatic rings. The number of carbonyl (C=O) groups is 1. The zero-order valence-corrected chi connectivity index (χ0v) is 14.5. The minimum absolute atomic E-state index is 0.00966. The highest BCUT2D eigenvalue weighted by atomic mass is 16.5. The molecule has 0 radical (unpaired) electrons. The number of carbonyl (C=O) groups excluding carboxylic acids is 1. The molecule has 2 aromatic carbocycles. The number of ether oxygens (including phenoxy) is 1. The van der Waals surface area contributed by atoms with E-state index in [4.69, 9.17) is 4.74 Å². The maximum atomic E-state index is 12.3. The number of aromatic amines is 1. The van der Waals surface area contributed by atoms with Crippen LogP contribution >= 0.6 is 0 Å². The predicted molar refractivity (Wildman–Crippen MR) is 103 cm³/mol. The van der Waals surface area contributed by atoms with Crippen LogP contribution in [0.4, 0.5) is 5.69 Å². The molecule has 0 atom stereocenters. The van der Waals surface area contributed by atoms with E-state index in [1.807, 2.05) is 36.4 Å². The Hall–Kier alpha value is -2.70. The maximum absolute atomic E-state index is 12.3. The van der Waals surface area contributed by atoms with Gasteiger partial charge in [-0.3, -0.25) is 14.5 Å². The van der Waals surface area contributed by atoms with Crippen molar-refractivity contribution in [1.29, 1.82) is 0 Å². The van der Waals surface area contributed by atoms with E-state index >= 15 is 0 Å². The van der Waals surface area contributed by atoms with Gasteiger partial charge >= 0.3 is 0 Å². The van der Waals surface area contributed by atoms with Gasteiger partial charge in [-0.25, -0.2) is 0 Å². The van der Waals surface area contributed by atoms with Gasteiger partial charge in [0.15, 0.2) is 0 Å². The summed E-state index contributed by atoms with van der Waals surface area (Å²) in [6.45, 7) is 3.96. The van der Waals surface area contributed by atoms with Crippen molar-refractivity contribution in [1.82, 2.24) is 9.88 Å². The largest absolute Gasteiger partial charge is 0.379 e. The van der Waals surface area contributed by atoms with Crippen molar-refractivity contribution < 1.29 is 9.53 Å². The molecule has 6 nitrogen and oxygen atoms in total. The fraction of sp³-hybridized carbons (Fsp3) is 0.300. The van der Waals surface area contributed by atoms with E-state index in [0.717, 1.165) is 54.8 Å². The van der Waals surface area contributed by atoms with Crippen LogP contribution in [0.3, 0.4) is 0 Å². The number of morpholine rings is 1. The second-order valence-corrected chi connectivity index (χ2v) is 6.51. The molecule has 134 valence electrons. The van der Waals surface area contributed by atoms with Gasteiger partial charge in [-0.15, -0.1) is 0 Å². The van der Waals surface area contributed by atoms with Crippen LogP contribution in [-0.4, -0.2) is 48.6 Å². The number of benzene rings is 2. The molecule has 1 aliphatic rings. The lowest BCUT2D eigenvalue weighted by molar-refractivity contribution is -0.116. The topological polar surface area (TPSA) is 74.4 Å². The third kappa shape index (κ3) is 3.47. The monoisotopic (exact) mass is 351 g/mol. The molecule has 1 amide bonds. The van der Waals surface area contributed by atoms with Gasteiger partial charge in [0.2, 0.25) is 5.91 Å². The summed E-state index contributed by atoms with van der Waals surface area (Å²) in [6, 6.07) is 13.1. The first-order chi connectivity index (χ1) is 12.7. The van der Waals surface area contributed by atoms with Crippen LogP contribution in [-0.2, 0) is 9.53 Å². The predicted octanol–water partition coefficient (Wildman–Crippen LogP) is 2.34. The number of amides is 1. The Labute approximate surface area is 150 Å². The molecule has 2 N–H and O–H groups in total. The number of nitrogens with one attached hydrogen (secondary N) is 2. The Balaban J connectivity index is 1.53. The quantitative estimate of drug-likeness (QED) is 0.708. The van der Waals surface area contributed by atoms with Crippen molar-refractivity contribution in [3.05, 3.63) is 52.8 Å². The lowest BCUT2D eigenvalue weighted by Crippen LogP contribution is -2.38. The number of rotatable bonds is 4. The number of hydrogen-bond acceptors (Lipinski definition) is 4. The van der Waals surface area contributed by atoms with Crippen molar-refractivity contribution in [2.75, 3.05) is 38.2 Å². The van der Waals surface area contributed by atoms with E-state index in [9.17, 15) is 9.59 Å². The molecular formula is C20H21N3O3. The van der Waals surface area contributed by atoms with Gasteiger partial charge in [0, 0.05) is 48.0 Å². The first-order valence-electron chi connectivity index (χ1n) is 8.85. The molecule has 2 heterocycles. The summed E-state index contributed by atoms with van der Waals surface area (Å²) in [6.07, 6.45) is 0.449. The molecule has 1 saturated heterocycles. The molecule has 0 saturated carbocycles. The summed E-state index contributed by atoms with van der Waals surface area (Å²) < 4.78 is 5.32. The van der Waals surface area contributed by atoms with Crippen LogP contribution in [0.1, 0.15) is 6.42 Å². The Morgan fingerprint density at radius 3 is 2.65 bits per heavy atom. The third-order valence-corrected chi connectivity index (χ3v) is 4.77. The normalized spacial score (nSPS) is 15.4. The number of pyridine rings is 1. The Morgan fingerprint density at radius 1 is 1.08 bits per heavy atom. The lowest BCUT2D eigenvalue weighted by atomic mass is 10.1. The van der Waals surface area contributed by atoms with Crippen LogP contribution in [0.15, 0.2) is 47.3 Å². The fourth-order valence-electron chi connectivity index (χ4n) is 3.37. The summed E-state index contributed by atoms with van der Waals surface area (Å²) in [7, 11) is 0. The van der Waals surface area contributed by atoms with E-state index < -0.39 is 0 Å². The Bertz CT molecular complexity index is 1010. The van der Waals surface area contributed by atoms with E-state index in [-0.39, 0.29) is 11.5 Å². The molecule has 6 heteroatoms. The maximum Gasteiger partial charge on any atom is 0.256 e. The van der Waals surface area contributed by atoms with Crippen LogP contribution < -0.4 is 10.9 Å². The average Bonchev–Trinajstić information content (AvgIpc) is 2.68. The zero-order chi connectivity index (χ0) is 17.9. The molecule has 0 unspecified atom stereocenters. The number of hydrogen-bond donors (Lipinski definition) is 2. The van der Waals surface area contributed by atoms with Crippen molar-refractivity contribution in [3.8, 4) is 0 Å². The molecule has 4 rings (SSSR count). The smallest absolute Gasteiger partial charge is 0.256 e. The third-order valence-electron chi connectivity index (χ3n) is 4.77. The average molecular weight is 351 g/mol. The molecule has 0 bridgehead atoms. The van der Waals surface area contributed by atoms with Crippen molar-refractivity contribution in [2.45, 2.75) is 6.42 Å². The second-order valence-electron chi connectivity index (χ2n) is 6.51. The molecule has 1 aromatic heterocycles. The van der Waals surface area contributed by atoms with E-state index in [0.29, 0.717) is 11.8 Å². The van der Waals surface area contributed by atoms with E-state index in [1.165, 1.54) is 0 Å². The highest BCUT2D eigenvalue weighted by Gasteiger charge is 2.12. The number of fused-ring (bicyclic) bond motifs is 3. The molecule has 0 spiro atoms. The minimum atomic E-state index is -0.101. The number of aromatic nitrogens is 1. The van der Waals surface area contributed by atoms with Gasteiger partial charge in [0.1, 0.15) is 0 Å². The van der Waals surface area contributed by atoms with Gasteiger partial charge < -0.3 is 15.0 Å². The van der Waals surface area contributed by atoms with Gasteiger partial charge in [0.25, 0.3) is 5.56 Å². The molecule has 1 fully saturated rings. The molecule has 26 heavy (non-hydrogen) atoms. The van der Waals surface area contributed by atoms with Crippen LogP contribution in [0.25, 0.3) is 21.7 Å². The van der Waals surface area contributed by atoms with E-state index in [1.54, 1.807) is 6.07 Å². The Kier molecular flexibility index (Phi) is 4.69. The summed E-state index contributed by atoms with van der Waals surface area (Å²) in [4.78, 5) is 29.6. The van der Waals surface area contributed by atoms with Gasteiger partial charge in [0.05, 0.1) is 13.2 Å². The fourth-order valence-corrected chi connectivity index (χ4v) is 3.37. The van der Waals surface area contributed by atoms with Crippen LogP contribution in [0, 0.1) is 0 Å². The first-order valence-corrected chi connectivity index (χ1v) is 8.85. The number of anilines is 1. The van der Waals surface area contributed by atoms with Crippen molar-refractivity contribution in [2.24, 2.45) is 0 Å². The standard InChI is InChI=1S/C20H21N3O3/c24-19(7-8-23-9-11-26-12-10-23)21-14-5-6-18-17(13-14)15-3-1-2-4-16(15)20(25)22-18/h1-6,13H,7-12H2,(H,21,24)(H,22,25). The van der Waals surface area contributed by atoms with Crippen LogP contribution in [0.5, 0.6) is 0 Å². The minimum Gasteiger partial charge on any atom is -0.379 e. The summed E-state index contributed by atoms with van der Waals surface area (Å²) in [5.41, 5.74) is 1.40. The van der Waals surface area contributed by atoms with E-state index in [2.05, 4.69) is 15.2 Å².